The molecule has 0 saturated carbocycles. The summed E-state index contributed by atoms with van der Waals surface area (Å²) in [6.45, 7) is 7.57. The van der Waals surface area contributed by atoms with Crippen LogP contribution in [-0.4, -0.2) is 12.5 Å². The zero-order valence-corrected chi connectivity index (χ0v) is 13.8. The Kier molecular flexibility index (Phi) is 5.07. The van der Waals surface area contributed by atoms with Crippen LogP contribution in [0.15, 0.2) is 28.7 Å². The van der Waals surface area contributed by atoms with Crippen molar-refractivity contribution in [1.29, 1.82) is 5.26 Å². The second kappa shape index (κ2) is 7.01. The average molecular weight is 312 g/mol. The third-order valence-corrected chi connectivity index (χ3v) is 3.64. The molecule has 0 bridgehead atoms. The predicted octanol–water partition coefficient (Wildman–Crippen LogP) is 3.91. The summed E-state index contributed by atoms with van der Waals surface area (Å²) in [4.78, 5) is 12.0. The second-order valence-corrected chi connectivity index (χ2v) is 5.66. The number of hydrogen-bond acceptors (Lipinski definition) is 4. The second-order valence-electron chi connectivity index (χ2n) is 5.66. The standard InChI is InChI=1S/C18H20N2O3/c1-11(2)14-6-5-7-15(8-14)22-10-17(21)20-18-16(9-19)12(3)13(4)23-18/h5-8,11H,10H2,1-4H3,(H,20,21). The Morgan fingerprint density at radius 1 is 1.39 bits per heavy atom. The van der Waals surface area contributed by atoms with Crippen LogP contribution in [0.5, 0.6) is 5.75 Å². The molecule has 0 saturated heterocycles. The van der Waals surface area contributed by atoms with Crippen LogP contribution in [0.4, 0.5) is 5.88 Å². The fourth-order valence-electron chi connectivity index (χ4n) is 2.12. The van der Waals surface area contributed by atoms with Crippen LogP contribution in [0.1, 0.15) is 42.2 Å². The Hall–Kier alpha value is -2.74. The van der Waals surface area contributed by atoms with Crippen molar-refractivity contribution in [2.45, 2.75) is 33.6 Å². The van der Waals surface area contributed by atoms with Crippen molar-refractivity contribution in [3.63, 3.8) is 0 Å². The van der Waals surface area contributed by atoms with Crippen LogP contribution in [0.2, 0.25) is 0 Å². The van der Waals surface area contributed by atoms with E-state index in [1.807, 2.05) is 24.3 Å². The molecule has 0 fully saturated rings. The topological polar surface area (TPSA) is 75.3 Å². The molecule has 0 spiro atoms. The molecule has 2 rings (SSSR count). The van der Waals surface area contributed by atoms with Gasteiger partial charge in [0.05, 0.1) is 0 Å². The van der Waals surface area contributed by atoms with Crippen molar-refractivity contribution in [3.05, 3.63) is 46.7 Å². The number of anilines is 1. The molecule has 120 valence electrons. The summed E-state index contributed by atoms with van der Waals surface area (Å²) >= 11 is 0. The maximum Gasteiger partial charge on any atom is 0.264 e. The van der Waals surface area contributed by atoms with Gasteiger partial charge in [-0.2, -0.15) is 5.26 Å². The van der Waals surface area contributed by atoms with Gasteiger partial charge in [-0.1, -0.05) is 26.0 Å². The first-order valence-corrected chi connectivity index (χ1v) is 7.45. The summed E-state index contributed by atoms with van der Waals surface area (Å²) in [6.07, 6.45) is 0. The third-order valence-electron chi connectivity index (χ3n) is 3.64. The van der Waals surface area contributed by atoms with Gasteiger partial charge < -0.3 is 9.15 Å². The highest BCUT2D eigenvalue weighted by molar-refractivity contribution is 5.92. The van der Waals surface area contributed by atoms with E-state index in [0.29, 0.717) is 23.0 Å². The number of carbonyl (C=O) groups excluding carboxylic acids is 1. The molecule has 1 aromatic heterocycles. The normalized spacial score (nSPS) is 10.4. The number of nitrogens with one attached hydrogen (secondary N) is 1. The van der Waals surface area contributed by atoms with Crippen molar-refractivity contribution < 1.29 is 13.9 Å². The van der Waals surface area contributed by atoms with E-state index >= 15 is 0 Å². The number of amides is 1. The van der Waals surface area contributed by atoms with Crippen LogP contribution >= 0.6 is 0 Å². The number of nitriles is 1. The maximum atomic E-state index is 12.0. The summed E-state index contributed by atoms with van der Waals surface area (Å²) < 4.78 is 10.9. The highest BCUT2D eigenvalue weighted by Crippen LogP contribution is 2.25. The van der Waals surface area contributed by atoms with Gasteiger partial charge in [0.15, 0.2) is 6.61 Å². The predicted molar refractivity (Wildman–Crippen MR) is 87.6 cm³/mol. The van der Waals surface area contributed by atoms with Gasteiger partial charge in [0.1, 0.15) is 23.1 Å². The number of ether oxygens (including phenoxy) is 1. The Morgan fingerprint density at radius 2 is 2.13 bits per heavy atom. The summed E-state index contributed by atoms with van der Waals surface area (Å²) in [5, 5.41) is 11.7. The van der Waals surface area contributed by atoms with Gasteiger partial charge >= 0.3 is 0 Å². The van der Waals surface area contributed by atoms with Crippen LogP contribution in [-0.2, 0) is 4.79 Å². The molecule has 5 heteroatoms. The van der Waals surface area contributed by atoms with Gasteiger partial charge in [-0.3, -0.25) is 10.1 Å². The Balaban J connectivity index is 2.00. The van der Waals surface area contributed by atoms with Gasteiger partial charge in [0, 0.05) is 5.56 Å². The molecule has 0 aliphatic heterocycles. The minimum atomic E-state index is -0.370. The molecule has 0 radical (unpaired) electrons. The lowest BCUT2D eigenvalue weighted by Gasteiger charge is -2.09. The molecule has 1 N–H and O–H groups in total. The van der Waals surface area contributed by atoms with Gasteiger partial charge in [0.25, 0.3) is 5.91 Å². The lowest BCUT2D eigenvalue weighted by atomic mass is 10.0. The van der Waals surface area contributed by atoms with E-state index in [1.54, 1.807) is 19.9 Å². The highest BCUT2D eigenvalue weighted by Gasteiger charge is 2.16. The Labute approximate surface area is 135 Å². The van der Waals surface area contributed by atoms with Crippen molar-refractivity contribution in [1.82, 2.24) is 0 Å². The van der Waals surface area contributed by atoms with E-state index in [4.69, 9.17) is 14.4 Å². The number of aryl methyl sites for hydroxylation is 1. The van der Waals surface area contributed by atoms with Crippen molar-refractivity contribution in [2.24, 2.45) is 0 Å². The monoisotopic (exact) mass is 312 g/mol. The average Bonchev–Trinajstić information content (AvgIpc) is 2.79. The van der Waals surface area contributed by atoms with Gasteiger partial charge in [-0.15, -0.1) is 0 Å². The molecule has 0 aliphatic carbocycles. The first-order valence-electron chi connectivity index (χ1n) is 7.45. The first-order chi connectivity index (χ1) is 10.9. The van der Waals surface area contributed by atoms with Crippen LogP contribution in [0, 0.1) is 25.2 Å². The van der Waals surface area contributed by atoms with Gasteiger partial charge in [-0.25, -0.2) is 0 Å². The number of rotatable bonds is 5. The lowest BCUT2D eigenvalue weighted by Crippen LogP contribution is -2.20. The number of hydrogen-bond donors (Lipinski definition) is 1. The largest absolute Gasteiger partial charge is 0.484 e. The maximum absolute atomic E-state index is 12.0. The summed E-state index contributed by atoms with van der Waals surface area (Å²) in [5.74, 6) is 1.44. The highest BCUT2D eigenvalue weighted by atomic mass is 16.5. The van der Waals surface area contributed by atoms with E-state index < -0.39 is 0 Å². The zero-order chi connectivity index (χ0) is 17.0. The number of carbonyl (C=O) groups is 1. The zero-order valence-electron chi connectivity index (χ0n) is 13.8. The molecular formula is C18H20N2O3. The van der Waals surface area contributed by atoms with Gasteiger partial charge in [0.2, 0.25) is 5.88 Å². The van der Waals surface area contributed by atoms with E-state index in [0.717, 1.165) is 11.1 Å². The van der Waals surface area contributed by atoms with Crippen LogP contribution in [0.3, 0.4) is 0 Å². The van der Waals surface area contributed by atoms with Gasteiger partial charge in [-0.05, 0) is 37.5 Å². The minimum Gasteiger partial charge on any atom is -0.484 e. The fourth-order valence-corrected chi connectivity index (χ4v) is 2.12. The van der Waals surface area contributed by atoms with Crippen LogP contribution in [0.25, 0.3) is 0 Å². The Bertz CT molecular complexity index is 754. The summed E-state index contributed by atoms with van der Waals surface area (Å²) in [6, 6.07) is 9.68. The van der Waals surface area contributed by atoms with Crippen molar-refractivity contribution in [3.8, 4) is 11.8 Å². The molecular weight excluding hydrogens is 292 g/mol. The van der Waals surface area contributed by atoms with E-state index in [2.05, 4.69) is 19.2 Å². The van der Waals surface area contributed by atoms with Crippen molar-refractivity contribution in [2.75, 3.05) is 11.9 Å². The van der Waals surface area contributed by atoms with Crippen LogP contribution < -0.4 is 10.1 Å². The van der Waals surface area contributed by atoms with E-state index in [1.165, 1.54) is 0 Å². The molecule has 1 heterocycles. The summed E-state index contributed by atoms with van der Waals surface area (Å²) in [5.41, 5.74) is 2.22. The molecule has 1 aromatic carbocycles. The minimum absolute atomic E-state index is 0.148. The number of benzene rings is 1. The molecule has 0 atom stereocenters. The van der Waals surface area contributed by atoms with Crippen molar-refractivity contribution >= 4 is 11.8 Å². The Morgan fingerprint density at radius 3 is 2.78 bits per heavy atom. The van der Waals surface area contributed by atoms with E-state index in [-0.39, 0.29) is 18.4 Å². The number of nitrogens with zero attached hydrogens (tertiary/aromatic N) is 1. The molecule has 1 amide bonds. The molecule has 0 aliphatic rings. The molecule has 0 unspecified atom stereocenters. The number of furan rings is 1. The molecule has 2 aromatic rings. The smallest absolute Gasteiger partial charge is 0.264 e. The van der Waals surface area contributed by atoms with E-state index in [9.17, 15) is 4.79 Å². The molecule has 23 heavy (non-hydrogen) atoms. The fraction of sp³-hybridized carbons (Fsp3) is 0.333. The summed E-state index contributed by atoms with van der Waals surface area (Å²) in [7, 11) is 0. The lowest BCUT2D eigenvalue weighted by molar-refractivity contribution is -0.118. The first kappa shape index (κ1) is 16.6. The third kappa shape index (κ3) is 3.92. The SMILES string of the molecule is Cc1oc(NC(=O)COc2cccc(C(C)C)c2)c(C#N)c1C. The quantitative estimate of drug-likeness (QED) is 0.908. The molecule has 5 nitrogen and oxygen atoms in total.